The highest BCUT2D eigenvalue weighted by Gasteiger charge is 2.15. The largest absolute Gasteiger partial charge is 0.376 e. The minimum atomic E-state index is 0.0206. The second kappa shape index (κ2) is 8.39. The van der Waals surface area contributed by atoms with E-state index in [1.807, 2.05) is 37.2 Å². The Hall–Kier alpha value is -1.07. The Morgan fingerprint density at radius 3 is 2.57 bits per heavy atom. The summed E-state index contributed by atoms with van der Waals surface area (Å²) >= 11 is 3.44. The number of hydrogen-bond donors (Lipinski definition) is 2. The monoisotopic (exact) mass is 355 g/mol. The van der Waals surface area contributed by atoms with Crippen LogP contribution in [0.1, 0.15) is 26.7 Å². The van der Waals surface area contributed by atoms with Crippen LogP contribution in [0.2, 0.25) is 0 Å². The third-order valence-corrected chi connectivity index (χ3v) is 3.82. The van der Waals surface area contributed by atoms with E-state index in [2.05, 4.69) is 35.1 Å². The molecule has 0 bridgehead atoms. The normalized spacial score (nSPS) is 12.3. The number of anilines is 2. The minimum absolute atomic E-state index is 0.0206. The van der Waals surface area contributed by atoms with Crippen LogP contribution in [0.4, 0.5) is 11.4 Å². The van der Waals surface area contributed by atoms with Gasteiger partial charge in [0.25, 0.3) is 0 Å². The summed E-state index contributed by atoms with van der Waals surface area (Å²) < 4.78 is 0.945. The third kappa shape index (κ3) is 6.06. The zero-order chi connectivity index (χ0) is 16.0. The van der Waals surface area contributed by atoms with Crippen molar-refractivity contribution in [1.29, 1.82) is 0 Å². The van der Waals surface area contributed by atoms with Gasteiger partial charge < -0.3 is 16.0 Å². The summed E-state index contributed by atoms with van der Waals surface area (Å²) in [5, 5.41) is 3.00. The van der Waals surface area contributed by atoms with E-state index in [0.29, 0.717) is 18.9 Å². The molecule has 0 saturated carbocycles. The maximum Gasteiger partial charge on any atom is 0.224 e. The van der Waals surface area contributed by atoms with Gasteiger partial charge in [-0.15, -0.1) is 0 Å². The molecule has 3 N–H and O–H groups in total. The number of carbonyl (C=O) groups is 1. The van der Waals surface area contributed by atoms with Crippen molar-refractivity contribution < 1.29 is 4.79 Å². The average molecular weight is 356 g/mol. The third-order valence-electron chi connectivity index (χ3n) is 3.33. The highest BCUT2D eigenvalue weighted by Crippen LogP contribution is 2.28. The molecule has 0 spiro atoms. The number of nitrogens with one attached hydrogen (secondary N) is 1. The fourth-order valence-electron chi connectivity index (χ4n) is 2.39. The Morgan fingerprint density at radius 1 is 1.38 bits per heavy atom. The number of rotatable bonds is 7. The Labute approximate surface area is 136 Å². The maximum absolute atomic E-state index is 12.2. The molecule has 0 saturated heterocycles. The van der Waals surface area contributed by atoms with E-state index < -0.39 is 0 Å². The standard InChI is InChI=1S/C16H26BrN3O/c1-11(2)7-12(10-18)8-16(21)19-14-9-13(17)5-6-15(14)20(3)4/h5-6,9,11-12H,7-8,10,18H2,1-4H3,(H,19,21). The summed E-state index contributed by atoms with van der Waals surface area (Å²) in [6.45, 7) is 4.85. The van der Waals surface area contributed by atoms with Gasteiger partial charge in [0.05, 0.1) is 11.4 Å². The Morgan fingerprint density at radius 2 is 2.05 bits per heavy atom. The Bertz CT molecular complexity index is 475. The molecule has 21 heavy (non-hydrogen) atoms. The van der Waals surface area contributed by atoms with Gasteiger partial charge in [0, 0.05) is 25.0 Å². The van der Waals surface area contributed by atoms with E-state index in [0.717, 1.165) is 22.3 Å². The Kier molecular flexibility index (Phi) is 7.18. The molecule has 1 unspecified atom stereocenters. The number of halogens is 1. The van der Waals surface area contributed by atoms with Gasteiger partial charge in [0.15, 0.2) is 0 Å². The van der Waals surface area contributed by atoms with E-state index in [-0.39, 0.29) is 11.8 Å². The highest BCUT2D eigenvalue weighted by molar-refractivity contribution is 9.10. The summed E-state index contributed by atoms with van der Waals surface area (Å²) in [7, 11) is 3.92. The second-order valence-electron chi connectivity index (χ2n) is 6.04. The van der Waals surface area contributed by atoms with Crippen LogP contribution in [-0.4, -0.2) is 26.5 Å². The van der Waals surface area contributed by atoms with Crippen LogP contribution < -0.4 is 16.0 Å². The number of nitrogens with two attached hydrogens (primary N) is 1. The molecule has 0 heterocycles. The molecule has 1 aromatic carbocycles. The molecule has 1 atom stereocenters. The maximum atomic E-state index is 12.2. The summed E-state index contributed by atoms with van der Waals surface area (Å²) in [4.78, 5) is 14.2. The van der Waals surface area contributed by atoms with Crippen molar-refractivity contribution in [2.45, 2.75) is 26.7 Å². The van der Waals surface area contributed by atoms with E-state index in [1.165, 1.54) is 0 Å². The van der Waals surface area contributed by atoms with Crippen LogP contribution in [0.3, 0.4) is 0 Å². The van der Waals surface area contributed by atoms with E-state index in [9.17, 15) is 4.79 Å². The first-order valence-electron chi connectivity index (χ1n) is 7.30. The molecule has 5 heteroatoms. The molecule has 1 rings (SSSR count). The SMILES string of the molecule is CC(C)CC(CN)CC(=O)Nc1cc(Br)ccc1N(C)C. The first kappa shape index (κ1) is 18.0. The zero-order valence-corrected chi connectivity index (χ0v) is 14.9. The summed E-state index contributed by atoms with van der Waals surface area (Å²) in [6.07, 6.45) is 1.44. The number of carbonyl (C=O) groups excluding carboxylic acids is 1. The van der Waals surface area contributed by atoms with Gasteiger partial charge in [-0.1, -0.05) is 29.8 Å². The molecule has 0 aromatic heterocycles. The first-order valence-corrected chi connectivity index (χ1v) is 8.09. The lowest BCUT2D eigenvalue weighted by Crippen LogP contribution is -2.24. The number of benzene rings is 1. The van der Waals surface area contributed by atoms with E-state index in [4.69, 9.17) is 5.73 Å². The topological polar surface area (TPSA) is 58.4 Å². The zero-order valence-electron chi connectivity index (χ0n) is 13.3. The van der Waals surface area contributed by atoms with Crippen molar-refractivity contribution in [3.63, 3.8) is 0 Å². The lowest BCUT2D eigenvalue weighted by atomic mass is 9.94. The smallest absolute Gasteiger partial charge is 0.224 e. The second-order valence-corrected chi connectivity index (χ2v) is 6.96. The molecular formula is C16H26BrN3O. The van der Waals surface area contributed by atoms with Gasteiger partial charge >= 0.3 is 0 Å². The lowest BCUT2D eigenvalue weighted by Gasteiger charge is -2.20. The molecule has 0 fully saturated rings. The fourth-order valence-corrected chi connectivity index (χ4v) is 2.75. The van der Waals surface area contributed by atoms with Crippen molar-refractivity contribution >= 4 is 33.2 Å². The highest BCUT2D eigenvalue weighted by atomic mass is 79.9. The molecule has 1 aromatic rings. The molecule has 0 aliphatic rings. The Balaban J connectivity index is 2.76. The van der Waals surface area contributed by atoms with E-state index in [1.54, 1.807) is 0 Å². The summed E-state index contributed by atoms with van der Waals surface area (Å²) in [5.74, 6) is 0.807. The number of hydrogen-bond acceptors (Lipinski definition) is 3. The van der Waals surface area contributed by atoms with Gasteiger partial charge in [0.1, 0.15) is 0 Å². The summed E-state index contributed by atoms with van der Waals surface area (Å²) in [6, 6.07) is 5.87. The van der Waals surface area contributed by atoms with Gasteiger partial charge in [-0.25, -0.2) is 0 Å². The molecule has 4 nitrogen and oxygen atoms in total. The van der Waals surface area contributed by atoms with Gasteiger partial charge in [-0.3, -0.25) is 4.79 Å². The van der Waals surface area contributed by atoms with Crippen LogP contribution in [0, 0.1) is 11.8 Å². The van der Waals surface area contributed by atoms with Gasteiger partial charge in [-0.05, 0) is 43.0 Å². The molecule has 1 amide bonds. The molecule has 0 aliphatic carbocycles. The van der Waals surface area contributed by atoms with Crippen molar-refractivity contribution in [3.8, 4) is 0 Å². The fraction of sp³-hybridized carbons (Fsp3) is 0.562. The van der Waals surface area contributed by atoms with Crippen molar-refractivity contribution in [2.75, 3.05) is 30.9 Å². The van der Waals surface area contributed by atoms with Crippen LogP contribution >= 0.6 is 15.9 Å². The van der Waals surface area contributed by atoms with Crippen LogP contribution in [-0.2, 0) is 4.79 Å². The van der Waals surface area contributed by atoms with E-state index >= 15 is 0 Å². The first-order chi connectivity index (χ1) is 9.83. The van der Waals surface area contributed by atoms with Crippen LogP contribution in [0.25, 0.3) is 0 Å². The van der Waals surface area contributed by atoms with Gasteiger partial charge in [-0.2, -0.15) is 0 Å². The summed E-state index contributed by atoms with van der Waals surface area (Å²) in [5.41, 5.74) is 7.57. The van der Waals surface area contributed by atoms with Crippen molar-refractivity contribution in [2.24, 2.45) is 17.6 Å². The van der Waals surface area contributed by atoms with Crippen LogP contribution in [0.15, 0.2) is 22.7 Å². The van der Waals surface area contributed by atoms with Gasteiger partial charge in [0.2, 0.25) is 5.91 Å². The predicted molar refractivity (Wildman–Crippen MR) is 93.7 cm³/mol. The number of nitrogens with zero attached hydrogens (tertiary/aromatic N) is 1. The molecule has 0 aliphatic heterocycles. The quantitative estimate of drug-likeness (QED) is 0.787. The van der Waals surface area contributed by atoms with Crippen LogP contribution in [0.5, 0.6) is 0 Å². The molecular weight excluding hydrogens is 330 g/mol. The molecule has 0 radical (unpaired) electrons. The predicted octanol–water partition coefficient (Wildman–Crippen LogP) is 3.46. The average Bonchev–Trinajstić information content (AvgIpc) is 2.36. The van der Waals surface area contributed by atoms with Crippen molar-refractivity contribution in [3.05, 3.63) is 22.7 Å². The number of amides is 1. The lowest BCUT2D eigenvalue weighted by molar-refractivity contribution is -0.117. The molecule has 118 valence electrons. The minimum Gasteiger partial charge on any atom is -0.376 e. The van der Waals surface area contributed by atoms with Crippen molar-refractivity contribution in [1.82, 2.24) is 0 Å².